The van der Waals surface area contributed by atoms with Crippen molar-refractivity contribution in [2.45, 2.75) is 0 Å². The minimum atomic E-state index is -3.23. The number of hydrogen-bond donors (Lipinski definition) is 0. The van der Waals surface area contributed by atoms with Crippen LogP contribution in [0.4, 0.5) is 0 Å². The molecule has 27 heavy (non-hydrogen) atoms. The van der Waals surface area contributed by atoms with Crippen LogP contribution >= 0.6 is 0 Å². The number of rotatable bonds is 10. The second-order valence-electron chi connectivity index (χ2n) is 6.06. The summed E-state index contributed by atoms with van der Waals surface area (Å²) in [5, 5.41) is 2.34. The predicted molar refractivity (Wildman–Crippen MR) is 118 cm³/mol. The summed E-state index contributed by atoms with van der Waals surface area (Å²) in [7, 11) is -2.42. The maximum atomic E-state index is 6.39. The van der Waals surface area contributed by atoms with Gasteiger partial charge in [0.05, 0.1) is 0 Å². The van der Waals surface area contributed by atoms with Gasteiger partial charge in [0.2, 0.25) is 0 Å². The largest absolute Gasteiger partial charge is 0.505 e. The topological polar surface area (TPSA) is 36.9 Å². The van der Waals surface area contributed by atoms with Crippen LogP contribution in [-0.4, -0.2) is 51.7 Å². The minimum absolute atomic E-state index is 1.17. The van der Waals surface area contributed by atoms with E-state index in [1.807, 2.05) is 42.1 Å². The van der Waals surface area contributed by atoms with Crippen molar-refractivity contribution in [1.29, 1.82) is 0 Å². The van der Waals surface area contributed by atoms with Crippen molar-refractivity contribution in [3.05, 3.63) is 85.2 Å². The summed E-state index contributed by atoms with van der Waals surface area (Å²) < 4.78 is 24.3. The summed E-state index contributed by atoms with van der Waals surface area (Å²) in [4.78, 5) is 0. The monoisotopic (exact) mass is 416 g/mol. The molecule has 4 nitrogen and oxygen atoms in total. The fourth-order valence-corrected chi connectivity index (χ4v) is 33.3. The van der Waals surface area contributed by atoms with Crippen molar-refractivity contribution in [1.82, 2.24) is 0 Å². The molecule has 0 N–H and O–H groups in total. The zero-order valence-corrected chi connectivity index (χ0v) is 19.5. The second kappa shape index (κ2) is 9.07. The Morgan fingerprint density at radius 3 is 1.30 bits per heavy atom. The first kappa shape index (κ1) is 21.7. The van der Waals surface area contributed by atoms with Gasteiger partial charge in [-0.25, -0.2) is 0 Å². The molecule has 1 atom stereocenters. The van der Waals surface area contributed by atoms with Crippen LogP contribution in [0.25, 0.3) is 0 Å². The van der Waals surface area contributed by atoms with Crippen LogP contribution in [0.15, 0.2) is 85.2 Å². The van der Waals surface area contributed by atoms with E-state index in [-0.39, 0.29) is 0 Å². The molecule has 0 spiro atoms. The summed E-state index contributed by atoms with van der Waals surface area (Å²) in [6.45, 7) is 8.49. The highest BCUT2D eigenvalue weighted by Crippen LogP contribution is 2.33. The second-order valence-corrected chi connectivity index (χ2v) is 24.0. The Labute approximate surface area is 165 Å². The van der Waals surface area contributed by atoms with Gasteiger partial charge in [-0.3, -0.25) is 0 Å². The molecular weight excluding hydrogens is 388 g/mol. The van der Waals surface area contributed by atoms with Gasteiger partial charge in [-0.1, -0.05) is 72.1 Å². The number of benzene rings is 2. The average molecular weight is 417 g/mol. The molecular formula is C20H28O4Si3. The van der Waals surface area contributed by atoms with Crippen molar-refractivity contribution in [2.24, 2.45) is 0 Å². The maximum Gasteiger partial charge on any atom is 0.505 e. The van der Waals surface area contributed by atoms with Gasteiger partial charge < -0.3 is 17.7 Å². The zero-order valence-electron chi connectivity index (χ0n) is 16.5. The van der Waals surface area contributed by atoms with Crippen LogP contribution in [0.3, 0.4) is 0 Å². The van der Waals surface area contributed by atoms with E-state index in [9.17, 15) is 0 Å². The van der Waals surface area contributed by atoms with E-state index < -0.39 is 23.3 Å². The van der Waals surface area contributed by atoms with E-state index in [1.54, 1.807) is 28.4 Å². The molecule has 0 saturated carbocycles. The van der Waals surface area contributed by atoms with Crippen LogP contribution in [0.2, 0.25) is 0 Å². The molecule has 0 heterocycles. The lowest BCUT2D eigenvalue weighted by atomic mass is 10.4. The maximum absolute atomic E-state index is 6.39. The van der Waals surface area contributed by atoms with Gasteiger partial charge in [0.1, 0.15) is 0 Å². The highest BCUT2D eigenvalue weighted by molar-refractivity contribution is 7.72. The molecule has 0 radical (unpaired) electrons. The first-order chi connectivity index (χ1) is 13.1. The lowest BCUT2D eigenvalue weighted by Crippen LogP contribution is -2.87. The molecule has 0 bridgehead atoms. The standard InChI is InChI=1S/C20H28O4Si3/c1-7-25(19-15-11-9-12-16-19,20-17-13-10-14-18-20)26(8-2,21-3)27(22-4,23-5)24-6/h7-18H,1-2H2,3-6H3. The van der Waals surface area contributed by atoms with Crippen molar-refractivity contribution < 1.29 is 17.7 Å². The van der Waals surface area contributed by atoms with E-state index >= 15 is 0 Å². The molecule has 0 saturated heterocycles. The molecule has 0 aliphatic rings. The molecule has 0 aliphatic carbocycles. The third-order valence-corrected chi connectivity index (χ3v) is 32.4. The Balaban J connectivity index is 3.02. The lowest BCUT2D eigenvalue weighted by Gasteiger charge is -2.48. The predicted octanol–water partition coefficient (Wildman–Crippen LogP) is 2.33. The summed E-state index contributed by atoms with van der Waals surface area (Å²) in [5.41, 5.74) is 3.98. The summed E-state index contributed by atoms with van der Waals surface area (Å²) in [6.07, 6.45) is 0. The Bertz CT molecular complexity index is 703. The minimum Gasteiger partial charge on any atom is -0.413 e. The Hall–Kier alpha value is -1.59. The van der Waals surface area contributed by atoms with Gasteiger partial charge in [-0.2, -0.15) is 0 Å². The molecule has 2 rings (SSSR count). The molecule has 1 unspecified atom stereocenters. The molecule has 0 aliphatic heterocycles. The van der Waals surface area contributed by atoms with Gasteiger partial charge >= 0.3 is 15.7 Å². The normalized spacial score (nSPS) is 14.4. The summed E-state index contributed by atoms with van der Waals surface area (Å²) in [6, 6.07) is 20.7. The molecule has 144 valence electrons. The highest BCUT2D eigenvalue weighted by atomic mass is 29.7. The van der Waals surface area contributed by atoms with Crippen molar-refractivity contribution >= 4 is 33.6 Å². The first-order valence-electron chi connectivity index (χ1n) is 8.66. The molecule has 0 fully saturated rings. The fraction of sp³-hybridized carbons (Fsp3) is 0.200. The molecule has 0 amide bonds. The van der Waals surface area contributed by atoms with Crippen LogP contribution < -0.4 is 10.4 Å². The Morgan fingerprint density at radius 2 is 1.04 bits per heavy atom. The average Bonchev–Trinajstić information content (AvgIpc) is 2.76. The summed E-state index contributed by atoms with van der Waals surface area (Å²) in [5.74, 6) is 0. The fourth-order valence-electron chi connectivity index (χ4n) is 3.99. The van der Waals surface area contributed by atoms with Gasteiger partial charge in [0, 0.05) is 28.4 Å². The van der Waals surface area contributed by atoms with Crippen LogP contribution in [0, 0.1) is 0 Å². The van der Waals surface area contributed by atoms with Crippen molar-refractivity contribution in [2.75, 3.05) is 28.4 Å². The summed E-state index contributed by atoms with van der Waals surface area (Å²) >= 11 is 0. The van der Waals surface area contributed by atoms with Crippen LogP contribution in [0.5, 0.6) is 0 Å². The number of hydrogen-bond acceptors (Lipinski definition) is 4. The first-order valence-corrected chi connectivity index (χ1v) is 16.5. The van der Waals surface area contributed by atoms with Crippen LogP contribution in [0.1, 0.15) is 0 Å². The molecule has 2 aromatic rings. The van der Waals surface area contributed by atoms with Gasteiger partial charge in [0.25, 0.3) is 0 Å². The van der Waals surface area contributed by atoms with E-state index in [0.717, 1.165) is 0 Å². The van der Waals surface area contributed by atoms with Crippen molar-refractivity contribution in [3.63, 3.8) is 0 Å². The lowest BCUT2D eigenvalue weighted by molar-refractivity contribution is 0.139. The molecule has 0 aromatic heterocycles. The van der Waals surface area contributed by atoms with E-state index in [2.05, 4.69) is 43.1 Å². The Morgan fingerprint density at radius 1 is 0.630 bits per heavy atom. The smallest absolute Gasteiger partial charge is 0.413 e. The van der Waals surface area contributed by atoms with Crippen LogP contribution in [-0.2, 0) is 17.7 Å². The van der Waals surface area contributed by atoms with E-state index in [4.69, 9.17) is 17.7 Å². The van der Waals surface area contributed by atoms with E-state index in [0.29, 0.717) is 0 Å². The zero-order chi connectivity index (χ0) is 20.0. The molecule has 2 aromatic carbocycles. The molecule has 7 heteroatoms. The van der Waals surface area contributed by atoms with Crippen molar-refractivity contribution in [3.8, 4) is 0 Å². The van der Waals surface area contributed by atoms with Gasteiger partial charge in [-0.15, -0.1) is 13.2 Å². The SMILES string of the molecule is C=C[Si](c1ccccc1)(c1ccccc1)[Si](C=C)(OC)[Si](OC)(OC)OC. The highest BCUT2D eigenvalue weighted by Gasteiger charge is 2.73. The van der Waals surface area contributed by atoms with Gasteiger partial charge in [-0.05, 0) is 10.4 Å². The Kier molecular flexibility index (Phi) is 7.29. The third-order valence-electron chi connectivity index (χ3n) is 5.22. The quantitative estimate of drug-likeness (QED) is 0.557. The third kappa shape index (κ3) is 3.15. The van der Waals surface area contributed by atoms with Gasteiger partial charge in [0.15, 0.2) is 7.59 Å². The van der Waals surface area contributed by atoms with E-state index in [1.165, 1.54) is 10.4 Å².